The van der Waals surface area contributed by atoms with Crippen molar-refractivity contribution in [2.24, 2.45) is 12.1 Å². The Morgan fingerprint density at radius 3 is 2.68 bits per heavy atom. The van der Waals surface area contributed by atoms with E-state index in [1.807, 2.05) is 33.8 Å². The van der Waals surface area contributed by atoms with Crippen LogP contribution < -0.4 is 11.1 Å². The van der Waals surface area contributed by atoms with Gasteiger partial charge in [0, 0.05) is 18.8 Å². The third kappa shape index (κ3) is 2.38. The Hall–Kier alpha value is -2.11. The molecule has 0 unspecified atom stereocenters. The lowest BCUT2D eigenvalue weighted by Gasteiger charge is -2.07. The Bertz CT molecular complexity index is 689. The normalized spacial score (nSPS) is 11.1. The van der Waals surface area contributed by atoms with E-state index in [0.29, 0.717) is 5.65 Å². The molecule has 0 spiro atoms. The standard InChI is InChI=1S/C13H19N5O/c1-8(2)15-16-10-6-11-12(14-7-10)17(5)13(19)18(11)9(3)4/h6-7,9,16H,1-5H3. The van der Waals surface area contributed by atoms with Gasteiger partial charge in [-0.05, 0) is 33.8 Å². The summed E-state index contributed by atoms with van der Waals surface area (Å²) in [5.41, 5.74) is 6.08. The summed E-state index contributed by atoms with van der Waals surface area (Å²) >= 11 is 0. The highest BCUT2D eigenvalue weighted by Gasteiger charge is 2.14. The first-order chi connectivity index (χ1) is 8.91. The molecule has 2 aromatic rings. The highest BCUT2D eigenvalue weighted by Crippen LogP contribution is 2.18. The first-order valence-corrected chi connectivity index (χ1v) is 6.25. The number of imidazole rings is 1. The minimum Gasteiger partial charge on any atom is -0.288 e. The molecule has 0 saturated carbocycles. The van der Waals surface area contributed by atoms with Crippen LogP contribution in [-0.4, -0.2) is 19.8 Å². The molecule has 2 rings (SSSR count). The molecule has 6 heteroatoms. The number of aryl methyl sites for hydroxylation is 1. The maximum atomic E-state index is 12.1. The summed E-state index contributed by atoms with van der Waals surface area (Å²) in [6, 6.07) is 1.99. The van der Waals surface area contributed by atoms with Gasteiger partial charge < -0.3 is 0 Å². The van der Waals surface area contributed by atoms with Crippen molar-refractivity contribution in [3.63, 3.8) is 0 Å². The number of hydrazone groups is 1. The van der Waals surface area contributed by atoms with Crippen LogP contribution in [0.1, 0.15) is 33.7 Å². The van der Waals surface area contributed by atoms with Gasteiger partial charge in [-0.15, -0.1) is 0 Å². The van der Waals surface area contributed by atoms with Crippen molar-refractivity contribution in [2.75, 3.05) is 5.43 Å². The second-order valence-electron chi connectivity index (χ2n) is 5.04. The van der Waals surface area contributed by atoms with Gasteiger partial charge in [0.25, 0.3) is 0 Å². The second kappa shape index (κ2) is 4.87. The molecular formula is C13H19N5O. The molecule has 0 amide bonds. The van der Waals surface area contributed by atoms with Crippen molar-refractivity contribution in [1.82, 2.24) is 14.1 Å². The van der Waals surface area contributed by atoms with E-state index in [1.54, 1.807) is 22.4 Å². The van der Waals surface area contributed by atoms with E-state index in [2.05, 4.69) is 15.5 Å². The highest BCUT2D eigenvalue weighted by atomic mass is 16.1. The van der Waals surface area contributed by atoms with Crippen LogP contribution in [-0.2, 0) is 7.05 Å². The van der Waals surface area contributed by atoms with Crippen molar-refractivity contribution in [2.45, 2.75) is 33.7 Å². The lowest BCUT2D eigenvalue weighted by Crippen LogP contribution is -2.23. The van der Waals surface area contributed by atoms with E-state index in [0.717, 1.165) is 16.9 Å². The Balaban J connectivity index is 2.61. The van der Waals surface area contributed by atoms with Gasteiger partial charge in [-0.1, -0.05) is 0 Å². The summed E-state index contributed by atoms with van der Waals surface area (Å²) in [5, 5.41) is 4.14. The highest BCUT2D eigenvalue weighted by molar-refractivity contribution is 5.80. The van der Waals surface area contributed by atoms with E-state index >= 15 is 0 Å². The predicted octanol–water partition coefficient (Wildman–Crippen LogP) is 2.12. The monoisotopic (exact) mass is 261 g/mol. The number of pyridine rings is 1. The third-order valence-corrected chi connectivity index (χ3v) is 2.84. The van der Waals surface area contributed by atoms with E-state index in [1.165, 1.54) is 0 Å². The first-order valence-electron chi connectivity index (χ1n) is 6.25. The largest absolute Gasteiger partial charge is 0.330 e. The smallest absolute Gasteiger partial charge is 0.288 e. The minimum absolute atomic E-state index is 0.0511. The topological polar surface area (TPSA) is 64.2 Å². The molecule has 0 aromatic carbocycles. The van der Waals surface area contributed by atoms with Gasteiger partial charge in [0.05, 0.1) is 17.4 Å². The number of hydrogen-bond acceptors (Lipinski definition) is 4. The summed E-state index contributed by atoms with van der Waals surface area (Å²) in [5.74, 6) is 0. The average molecular weight is 261 g/mol. The summed E-state index contributed by atoms with van der Waals surface area (Å²) in [6.45, 7) is 7.78. The molecule has 0 aliphatic heterocycles. The lowest BCUT2D eigenvalue weighted by molar-refractivity contribution is 0.583. The summed E-state index contributed by atoms with van der Waals surface area (Å²) in [4.78, 5) is 16.5. The minimum atomic E-state index is -0.0511. The molecule has 2 heterocycles. The van der Waals surface area contributed by atoms with Crippen molar-refractivity contribution in [1.29, 1.82) is 0 Å². The van der Waals surface area contributed by atoms with Crippen molar-refractivity contribution in [3.05, 3.63) is 22.7 Å². The van der Waals surface area contributed by atoms with Gasteiger partial charge in [-0.2, -0.15) is 5.10 Å². The molecule has 0 aliphatic rings. The molecule has 0 fully saturated rings. The maximum absolute atomic E-state index is 12.1. The Morgan fingerprint density at radius 2 is 2.11 bits per heavy atom. The van der Waals surface area contributed by atoms with E-state index < -0.39 is 0 Å². The van der Waals surface area contributed by atoms with Crippen LogP contribution in [0.5, 0.6) is 0 Å². The van der Waals surface area contributed by atoms with Crippen LogP contribution in [0.3, 0.4) is 0 Å². The summed E-state index contributed by atoms with van der Waals surface area (Å²) in [7, 11) is 1.73. The molecule has 0 radical (unpaired) electrons. The quantitative estimate of drug-likeness (QED) is 0.680. The van der Waals surface area contributed by atoms with Crippen LogP contribution in [0, 0.1) is 0 Å². The molecule has 6 nitrogen and oxygen atoms in total. The fourth-order valence-corrected chi connectivity index (χ4v) is 1.97. The van der Waals surface area contributed by atoms with Gasteiger partial charge in [-0.3, -0.25) is 14.6 Å². The molecular weight excluding hydrogens is 242 g/mol. The van der Waals surface area contributed by atoms with Gasteiger partial charge in [0.15, 0.2) is 5.65 Å². The van der Waals surface area contributed by atoms with E-state index in [4.69, 9.17) is 0 Å². The van der Waals surface area contributed by atoms with Crippen molar-refractivity contribution >= 4 is 22.6 Å². The average Bonchev–Trinajstić information content (AvgIpc) is 2.59. The van der Waals surface area contributed by atoms with Gasteiger partial charge in [0.1, 0.15) is 0 Å². The molecule has 0 atom stereocenters. The number of nitrogens with one attached hydrogen (secondary N) is 1. The number of anilines is 1. The predicted molar refractivity (Wildman–Crippen MR) is 77.8 cm³/mol. The third-order valence-electron chi connectivity index (χ3n) is 2.84. The Labute approximate surface area is 111 Å². The molecule has 19 heavy (non-hydrogen) atoms. The van der Waals surface area contributed by atoms with Crippen LogP contribution >= 0.6 is 0 Å². The lowest BCUT2D eigenvalue weighted by atomic mass is 10.3. The molecule has 2 aromatic heterocycles. The first kappa shape index (κ1) is 13.3. The van der Waals surface area contributed by atoms with Crippen LogP contribution in [0.4, 0.5) is 5.69 Å². The molecule has 0 bridgehead atoms. The molecule has 1 N–H and O–H groups in total. The number of hydrogen-bond donors (Lipinski definition) is 1. The zero-order valence-corrected chi connectivity index (χ0v) is 11.9. The van der Waals surface area contributed by atoms with E-state index in [-0.39, 0.29) is 11.7 Å². The van der Waals surface area contributed by atoms with Crippen molar-refractivity contribution in [3.8, 4) is 0 Å². The van der Waals surface area contributed by atoms with Crippen molar-refractivity contribution < 1.29 is 0 Å². The molecule has 0 aliphatic carbocycles. The number of nitrogens with zero attached hydrogens (tertiary/aromatic N) is 4. The van der Waals surface area contributed by atoms with Crippen LogP contribution in [0.2, 0.25) is 0 Å². The van der Waals surface area contributed by atoms with Crippen LogP contribution in [0.25, 0.3) is 11.2 Å². The fraction of sp³-hybridized carbons (Fsp3) is 0.462. The molecule has 0 saturated heterocycles. The maximum Gasteiger partial charge on any atom is 0.330 e. The number of fused-ring (bicyclic) bond motifs is 1. The van der Waals surface area contributed by atoms with Gasteiger partial charge in [0.2, 0.25) is 0 Å². The summed E-state index contributed by atoms with van der Waals surface area (Å²) < 4.78 is 3.30. The Morgan fingerprint density at radius 1 is 1.42 bits per heavy atom. The van der Waals surface area contributed by atoms with Gasteiger partial charge >= 0.3 is 5.69 Å². The fourth-order valence-electron chi connectivity index (χ4n) is 1.97. The number of aromatic nitrogens is 3. The molecule has 102 valence electrons. The zero-order chi connectivity index (χ0) is 14.2. The SMILES string of the molecule is CC(C)=NNc1cnc2c(c1)n(C(C)C)c(=O)n2C. The van der Waals surface area contributed by atoms with Gasteiger partial charge in [-0.25, -0.2) is 9.78 Å². The van der Waals surface area contributed by atoms with Crippen LogP contribution in [0.15, 0.2) is 22.2 Å². The van der Waals surface area contributed by atoms with E-state index in [9.17, 15) is 4.79 Å². The zero-order valence-electron chi connectivity index (χ0n) is 11.9. The summed E-state index contributed by atoms with van der Waals surface area (Å²) in [6.07, 6.45) is 1.68. The number of rotatable bonds is 3. The Kier molecular flexibility index (Phi) is 3.42. The second-order valence-corrected chi connectivity index (χ2v) is 5.04.